The second-order valence-electron chi connectivity index (χ2n) is 9.74. The molecule has 1 aliphatic carbocycles. The van der Waals surface area contributed by atoms with Gasteiger partial charge in [-0.1, -0.05) is 0 Å². The molecule has 3 aliphatic heterocycles. The van der Waals surface area contributed by atoms with Gasteiger partial charge in [0.05, 0.1) is 0 Å². The predicted octanol–water partition coefficient (Wildman–Crippen LogP) is 3.68. The summed E-state index contributed by atoms with van der Waals surface area (Å²) in [5.74, 6) is -0.208. The molecule has 0 aromatic heterocycles. The van der Waals surface area contributed by atoms with Crippen LogP contribution in [-0.4, -0.2) is 66.7 Å². The van der Waals surface area contributed by atoms with Crippen molar-refractivity contribution in [1.29, 1.82) is 0 Å². The molecule has 3 heterocycles. The van der Waals surface area contributed by atoms with E-state index >= 15 is 0 Å². The number of nitrogens with zero attached hydrogens (tertiary/aromatic N) is 3. The predicted molar refractivity (Wildman–Crippen MR) is 116 cm³/mol. The lowest BCUT2D eigenvalue weighted by molar-refractivity contribution is -0.116. The smallest absolute Gasteiger partial charge is 0.410 e. The number of halogens is 1. The highest BCUT2D eigenvalue weighted by Gasteiger charge is 2.46. The number of hydrogen-bond donors (Lipinski definition) is 0. The number of fused-ring (bicyclic) bond motifs is 2. The molecule has 4 aliphatic rings. The SMILES string of the molecule is CC(=O)N1CC2(CCN(C3CCN(C(=O)OC4CCC4)CC3)CC2)c2cc(F)ccc21. The summed E-state index contributed by atoms with van der Waals surface area (Å²) in [4.78, 5) is 30.7. The van der Waals surface area contributed by atoms with Gasteiger partial charge in [-0.15, -0.1) is 0 Å². The Morgan fingerprint density at radius 2 is 1.77 bits per heavy atom. The maximum atomic E-state index is 14.0. The quantitative estimate of drug-likeness (QED) is 0.720. The van der Waals surface area contributed by atoms with Crippen LogP contribution < -0.4 is 4.90 Å². The Morgan fingerprint density at radius 3 is 2.39 bits per heavy atom. The van der Waals surface area contributed by atoms with E-state index in [4.69, 9.17) is 4.74 Å². The van der Waals surface area contributed by atoms with Crippen LogP contribution in [0.4, 0.5) is 14.9 Å². The highest BCUT2D eigenvalue weighted by molar-refractivity contribution is 5.94. The van der Waals surface area contributed by atoms with Crippen LogP contribution in [0, 0.1) is 5.82 Å². The van der Waals surface area contributed by atoms with Crippen LogP contribution in [0.15, 0.2) is 18.2 Å². The van der Waals surface area contributed by atoms with Crippen molar-refractivity contribution in [3.63, 3.8) is 0 Å². The maximum absolute atomic E-state index is 14.0. The van der Waals surface area contributed by atoms with Gasteiger partial charge in [-0.25, -0.2) is 9.18 Å². The van der Waals surface area contributed by atoms with Gasteiger partial charge in [-0.2, -0.15) is 0 Å². The van der Waals surface area contributed by atoms with Crippen LogP contribution in [-0.2, 0) is 14.9 Å². The van der Waals surface area contributed by atoms with E-state index in [-0.39, 0.29) is 29.3 Å². The van der Waals surface area contributed by atoms with Crippen molar-refractivity contribution in [2.24, 2.45) is 0 Å². The lowest BCUT2D eigenvalue weighted by Crippen LogP contribution is -2.52. The lowest BCUT2D eigenvalue weighted by Gasteiger charge is -2.45. The number of amides is 2. The first-order valence-electron chi connectivity index (χ1n) is 11.7. The Labute approximate surface area is 183 Å². The van der Waals surface area contributed by atoms with Gasteiger partial charge < -0.3 is 19.4 Å². The molecule has 0 unspecified atom stereocenters. The number of anilines is 1. The van der Waals surface area contributed by atoms with Crippen molar-refractivity contribution < 1.29 is 18.7 Å². The summed E-state index contributed by atoms with van der Waals surface area (Å²) in [5.41, 5.74) is 1.73. The van der Waals surface area contributed by atoms with Crippen LogP contribution >= 0.6 is 0 Å². The van der Waals surface area contributed by atoms with Gasteiger partial charge in [-0.05, 0) is 81.8 Å². The van der Waals surface area contributed by atoms with Crippen molar-refractivity contribution in [3.8, 4) is 0 Å². The van der Waals surface area contributed by atoms with Crippen molar-refractivity contribution in [2.75, 3.05) is 37.6 Å². The minimum atomic E-state index is -0.230. The Kier molecular flexibility index (Phi) is 5.40. The standard InChI is InChI=1S/C24H32FN3O3/c1-17(29)28-16-24(21-15-18(25)5-6-22(21)28)9-13-26(14-10-24)19-7-11-27(12-8-19)23(30)31-20-3-2-4-20/h5-6,15,19-20H,2-4,7-14,16H2,1H3. The Bertz CT molecular complexity index is 856. The number of hydrogen-bond acceptors (Lipinski definition) is 4. The van der Waals surface area contributed by atoms with Crippen molar-refractivity contribution in [3.05, 3.63) is 29.6 Å². The number of carbonyl (C=O) groups excluding carboxylic acids is 2. The van der Waals surface area contributed by atoms with Crippen molar-refractivity contribution in [2.45, 2.75) is 69.4 Å². The topological polar surface area (TPSA) is 53.1 Å². The zero-order valence-corrected chi connectivity index (χ0v) is 18.3. The molecule has 1 aromatic rings. The van der Waals surface area contributed by atoms with Crippen LogP contribution in [0.1, 0.15) is 57.4 Å². The van der Waals surface area contributed by atoms with Crippen LogP contribution in [0.5, 0.6) is 0 Å². The molecule has 0 atom stereocenters. The van der Waals surface area contributed by atoms with E-state index in [1.54, 1.807) is 19.1 Å². The second kappa shape index (κ2) is 8.08. The first-order chi connectivity index (χ1) is 14.9. The van der Waals surface area contributed by atoms with E-state index in [1.807, 2.05) is 9.80 Å². The van der Waals surface area contributed by atoms with E-state index in [2.05, 4.69) is 4.90 Å². The van der Waals surface area contributed by atoms with Crippen LogP contribution in [0.25, 0.3) is 0 Å². The number of likely N-dealkylation sites (tertiary alicyclic amines) is 2. The van der Waals surface area contributed by atoms with Crippen molar-refractivity contribution >= 4 is 17.7 Å². The minimum Gasteiger partial charge on any atom is -0.446 e. The van der Waals surface area contributed by atoms with E-state index in [0.29, 0.717) is 12.6 Å². The number of ether oxygens (including phenoxy) is 1. The molecule has 1 saturated carbocycles. The van der Waals surface area contributed by atoms with Crippen LogP contribution in [0.3, 0.4) is 0 Å². The summed E-state index contributed by atoms with van der Waals surface area (Å²) in [5, 5.41) is 0. The first-order valence-corrected chi connectivity index (χ1v) is 11.7. The van der Waals surface area contributed by atoms with Gasteiger partial charge in [-0.3, -0.25) is 4.79 Å². The van der Waals surface area contributed by atoms with Crippen LogP contribution in [0.2, 0.25) is 0 Å². The largest absolute Gasteiger partial charge is 0.446 e. The average molecular weight is 430 g/mol. The van der Waals surface area contributed by atoms with Gasteiger partial charge in [0.1, 0.15) is 11.9 Å². The van der Waals surface area contributed by atoms with Gasteiger partial charge in [0, 0.05) is 43.7 Å². The van der Waals surface area contributed by atoms with Gasteiger partial charge in [0.2, 0.25) is 5.91 Å². The van der Waals surface area contributed by atoms with Gasteiger partial charge in [0.15, 0.2) is 0 Å². The molecule has 0 radical (unpaired) electrons. The summed E-state index contributed by atoms with van der Waals surface area (Å²) in [7, 11) is 0. The lowest BCUT2D eigenvalue weighted by atomic mass is 9.74. The summed E-state index contributed by atoms with van der Waals surface area (Å²) in [6.07, 6.45) is 6.96. The molecular formula is C24H32FN3O3. The molecule has 1 aromatic carbocycles. The molecule has 1 spiro atoms. The molecule has 3 fully saturated rings. The summed E-state index contributed by atoms with van der Waals surface area (Å²) >= 11 is 0. The molecule has 168 valence electrons. The Morgan fingerprint density at radius 1 is 1.06 bits per heavy atom. The number of carbonyl (C=O) groups is 2. The zero-order valence-electron chi connectivity index (χ0n) is 18.3. The molecule has 6 nitrogen and oxygen atoms in total. The second-order valence-corrected chi connectivity index (χ2v) is 9.74. The molecule has 2 amide bonds. The fourth-order valence-corrected chi connectivity index (χ4v) is 5.79. The Hall–Kier alpha value is -2.15. The molecule has 5 rings (SSSR count). The number of piperidine rings is 2. The third kappa shape index (κ3) is 3.81. The van der Waals surface area contributed by atoms with E-state index in [1.165, 1.54) is 6.07 Å². The van der Waals surface area contributed by atoms with E-state index in [9.17, 15) is 14.0 Å². The molecule has 7 heteroatoms. The molecule has 2 saturated heterocycles. The maximum Gasteiger partial charge on any atom is 0.410 e. The normalized spacial score (nSPS) is 24.2. The Balaban J connectivity index is 1.19. The third-order valence-electron chi connectivity index (χ3n) is 7.98. The third-order valence-corrected chi connectivity index (χ3v) is 7.98. The summed E-state index contributed by atoms with van der Waals surface area (Å²) in [6.45, 7) is 5.64. The first kappa shape index (κ1) is 20.7. The monoisotopic (exact) mass is 429 g/mol. The van der Waals surface area contributed by atoms with E-state index in [0.717, 1.165) is 82.4 Å². The summed E-state index contributed by atoms with van der Waals surface area (Å²) < 4.78 is 19.6. The molecule has 31 heavy (non-hydrogen) atoms. The van der Waals surface area contributed by atoms with Crippen molar-refractivity contribution in [1.82, 2.24) is 9.80 Å². The minimum absolute atomic E-state index is 0.0216. The molecular weight excluding hydrogens is 397 g/mol. The number of rotatable bonds is 2. The fourth-order valence-electron chi connectivity index (χ4n) is 5.79. The van der Waals surface area contributed by atoms with Gasteiger partial charge in [0.25, 0.3) is 0 Å². The zero-order chi connectivity index (χ0) is 21.6. The van der Waals surface area contributed by atoms with E-state index < -0.39 is 0 Å². The average Bonchev–Trinajstić information content (AvgIpc) is 3.05. The number of benzene rings is 1. The molecule has 0 bridgehead atoms. The highest BCUT2D eigenvalue weighted by atomic mass is 19.1. The summed E-state index contributed by atoms with van der Waals surface area (Å²) in [6, 6.07) is 5.32. The fraction of sp³-hybridized carbons (Fsp3) is 0.667. The molecule has 0 N–H and O–H groups in total. The highest BCUT2D eigenvalue weighted by Crippen LogP contribution is 2.47. The van der Waals surface area contributed by atoms with Gasteiger partial charge >= 0.3 is 6.09 Å².